The number of nitrogens with zero attached hydrogens (tertiary/aromatic N) is 2. The van der Waals surface area contributed by atoms with Gasteiger partial charge in [-0.3, -0.25) is 9.20 Å². The molecular weight excluding hydrogens is 341 g/mol. The molecule has 0 aliphatic carbocycles. The van der Waals surface area contributed by atoms with E-state index in [1.165, 1.54) is 11.8 Å². The summed E-state index contributed by atoms with van der Waals surface area (Å²) in [6, 6.07) is 10.9. The molecule has 2 heterocycles. The monoisotopic (exact) mass is 351 g/mol. The van der Waals surface area contributed by atoms with Crippen LogP contribution in [0.4, 0.5) is 5.69 Å². The molecule has 7 heteroatoms. The van der Waals surface area contributed by atoms with Crippen LogP contribution < -0.4 is 5.32 Å². The second-order valence-electron chi connectivity index (χ2n) is 4.47. The van der Waals surface area contributed by atoms with Crippen molar-refractivity contribution in [1.82, 2.24) is 9.38 Å². The molecule has 0 unspecified atom stereocenters. The van der Waals surface area contributed by atoms with Gasteiger partial charge in [0.05, 0.1) is 33.2 Å². The molecule has 0 radical (unpaired) electrons. The van der Waals surface area contributed by atoms with Gasteiger partial charge in [0, 0.05) is 6.20 Å². The third-order valence-corrected chi connectivity index (χ3v) is 4.56. The summed E-state index contributed by atoms with van der Waals surface area (Å²) in [7, 11) is 0. The molecule has 3 rings (SSSR count). The summed E-state index contributed by atoms with van der Waals surface area (Å²) in [5.74, 6) is 0.0305. The summed E-state index contributed by atoms with van der Waals surface area (Å²) in [5.41, 5.74) is 1.42. The van der Waals surface area contributed by atoms with Crippen molar-refractivity contribution >= 4 is 52.1 Å². The highest BCUT2D eigenvalue weighted by atomic mass is 35.5. The number of imidazole rings is 1. The minimum atomic E-state index is -0.187. The molecule has 0 spiro atoms. The minimum Gasteiger partial charge on any atom is -0.323 e. The van der Waals surface area contributed by atoms with Gasteiger partial charge in [0.1, 0.15) is 0 Å². The van der Waals surface area contributed by atoms with E-state index >= 15 is 0 Å². The summed E-state index contributed by atoms with van der Waals surface area (Å²) in [6.45, 7) is 0. The SMILES string of the molecule is O=C(CSc1ncc2ccccn12)Nc1c(Cl)cccc1Cl. The van der Waals surface area contributed by atoms with Gasteiger partial charge in [-0.15, -0.1) is 0 Å². The molecule has 22 heavy (non-hydrogen) atoms. The predicted molar refractivity (Wildman–Crippen MR) is 91.0 cm³/mol. The van der Waals surface area contributed by atoms with Gasteiger partial charge in [-0.05, 0) is 24.3 Å². The van der Waals surface area contributed by atoms with E-state index in [2.05, 4.69) is 10.3 Å². The van der Waals surface area contributed by atoms with Crippen molar-refractivity contribution in [3.05, 3.63) is 58.8 Å². The number of halogens is 2. The molecule has 3 aromatic rings. The van der Waals surface area contributed by atoms with E-state index in [9.17, 15) is 4.79 Å². The summed E-state index contributed by atoms with van der Waals surface area (Å²) in [4.78, 5) is 16.4. The van der Waals surface area contributed by atoms with Crippen molar-refractivity contribution < 1.29 is 4.79 Å². The van der Waals surface area contributed by atoms with Gasteiger partial charge in [-0.2, -0.15) is 0 Å². The number of hydrogen-bond acceptors (Lipinski definition) is 3. The Morgan fingerprint density at radius 2 is 1.95 bits per heavy atom. The molecule has 4 nitrogen and oxygen atoms in total. The topological polar surface area (TPSA) is 46.4 Å². The first-order valence-corrected chi connectivity index (χ1v) is 8.18. The second kappa shape index (κ2) is 6.60. The molecule has 1 amide bonds. The lowest BCUT2D eigenvalue weighted by Crippen LogP contribution is -2.15. The summed E-state index contributed by atoms with van der Waals surface area (Å²) in [5, 5.41) is 4.32. The fraction of sp³-hybridized carbons (Fsp3) is 0.0667. The molecule has 0 atom stereocenters. The van der Waals surface area contributed by atoms with Crippen LogP contribution in [0.25, 0.3) is 5.52 Å². The van der Waals surface area contributed by atoms with Crippen LogP contribution in [0.15, 0.2) is 53.9 Å². The van der Waals surface area contributed by atoms with Crippen molar-refractivity contribution in [2.75, 3.05) is 11.1 Å². The van der Waals surface area contributed by atoms with Crippen molar-refractivity contribution in [3.8, 4) is 0 Å². The summed E-state index contributed by atoms with van der Waals surface area (Å²) < 4.78 is 1.93. The van der Waals surface area contributed by atoms with Crippen LogP contribution in [0.1, 0.15) is 0 Å². The third-order valence-electron chi connectivity index (χ3n) is 2.96. The van der Waals surface area contributed by atoms with Crippen LogP contribution in [0.5, 0.6) is 0 Å². The molecule has 2 aromatic heterocycles. The van der Waals surface area contributed by atoms with Gasteiger partial charge in [0.15, 0.2) is 5.16 Å². The average Bonchev–Trinajstić information content (AvgIpc) is 2.92. The number of thioether (sulfide) groups is 1. The van der Waals surface area contributed by atoms with E-state index in [1.807, 2.05) is 28.8 Å². The lowest BCUT2D eigenvalue weighted by atomic mass is 10.3. The summed E-state index contributed by atoms with van der Waals surface area (Å²) in [6.07, 6.45) is 3.68. The minimum absolute atomic E-state index is 0.187. The number of hydrogen-bond donors (Lipinski definition) is 1. The predicted octanol–water partition coefficient (Wildman–Crippen LogP) is 4.37. The zero-order valence-electron chi connectivity index (χ0n) is 11.3. The second-order valence-corrected chi connectivity index (χ2v) is 6.23. The molecular formula is C15H11Cl2N3OS. The number of nitrogens with one attached hydrogen (secondary N) is 1. The number of aromatic nitrogens is 2. The van der Waals surface area contributed by atoms with E-state index in [1.54, 1.807) is 24.4 Å². The van der Waals surface area contributed by atoms with Crippen LogP contribution in [-0.2, 0) is 4.79 Å². The fourth-order valence-corrected chi connectivity index (χ4v) is 3.21. The van der Waals surface area contributed by atoms with E-state index in [0.717, 1.165) is 10.7 Å². The number of carbonyl (C=O) groups is 1. The van der Waals surface area contributed by atoms with Crippen LogP contribution in [0.3, 0.4) is 0 Å². The highest BCUT2D eigenvalue weighted by Crippen LogP contribution is 2.30. The maximum Gasteiger partial charge on any atom is 0.234 e. The molecule has 1 aromatic carbocycles. The molecule has 0 aliphatic rings. The molecule has 0 bridgehead atoms. The molecule has 1 N–H and O–H groups in total. The van der Waals surface area contributed by atoms with Crippen molar-refractivity contribution in [2.24, 2.45) is 0 Å². The maximum absolute atomic E-state index is 12.1. The van der Waals surface area contributed by atoms with Gasteiger partial charge < -0.3 is 5.32 Å². The van der Waals surface area contributed by atoms with Gasteiger partial charge >= 0.3 is 0 Å². The first kappa shape index (κ1) is 15.2. The lowest BCUT2D eigenvalue weighted by molar-refractivity contribution is -0.113. The van der Waals surface area contributed by atoms with Gasteiger partial charge in [0.2, 0.25) is 5.91 Å². The number of carbonyl (C=O) groups excluding carboxylic acids is 1. The average molecular weight is 352 g/mol. The van der Waals surface area contributed by atoms with E-state index in [-0.39, 0.29) is 11.7 Å². The zero-order chi connectivity index (χ0) is 15.5. The van der Waals surface area contributed by atoms with Crippen LogP contribution in [0, 0.1) is 0 Å². The number of benzene rings is 1. The zero-order valence-corrected chi connectivity index (χ0v) is 13.6. The smallest absolute Gasteiger partial charge is 0.234 e. The number of rotatable bonds is 4. The lowest BCUT2D eigenvalue weighted by Gasteiger charge is -2.08. The molecule has 0 fully saturated rings. The Hall–Kier alpha value is -1.69. The summed E-state index contributed by atoms with van der Waals surface area (Å²) >= 11 is 13.4. The number of anilines is 1. The van der Waals surface area contributed by atoms with Crippen LogP contribution in [-0.4, -0.2) is 21.0 Å². The quantitative estimate of drug-likeness (QED) is 0.709. The molecule has 0 aliphatic heterocycles. The first-order valence-electron chi connectivity index (χ1n) is 6.44. The Balaban J connectivity index is 1.68. The van der Waals surface area contributed by atoms with Crippen molar-refractivity contribution in [1.29, 1.82) is 0 Å². The number of amides is 1. The van der Waals surface area contributed by atoms with E-state index < -0.39 is 0 Å². The van der Waals surface area contributed by atoms with Gasteiger partial charge in [0.25, 0.3) is 0 Å². The van der Waals surface area contributed by atoms with Crippen molar-refractivity contribution in [2.45, 2.75) is 5.16 Å². The Morgan fingerprint density at radius 3 is 2.73 bits per heavy atom. The number of pyridine rings is 1. The standard InChI is InChI=1S/C15H11Cl2N3OS/c16-11-5-3-6-12(17)14(11)19-13(21)9-22-15-18-8-10-4-1-2-7-20(10)15/h1-8H,9H2,(H,19,21). The molecule has 0 saturated carbocycles. The first-order chi connectivity index (χ1) is 10.6. The van der Waals surface area contributed by atoms with Crippen LogP contribution >= 0.6 is 35.0 Å². The van der Waals surface area contributed by atoms with Crippen LogP contribution in [0.2, 0.25) is 10.0 Å². The Kier molecular flexibility index (Phi) is 4.57. The highest BCUT2D eigenvalue weighted by molar-refractivity contribution is 7.99. The Morgan fingerprint density at radius 1 is 1.18 bits per heavy atom. The largest absolute Gasteiger partial charge is 0.323 e. The van der Waals surface area contributed by atoms with Crippen molar-refractivity contribution in [3.63, 3.8) is 0 Å². The molecule has 112 valence electrons. The van der Waals surface area contributed by atoms with Gasteiger partial charge in [-0.25, -0.2) is 4.98 Å². The van der Waals surface area contributed by atoms with E-state index in [0.29, 0.717) is 15.7 Å². The Labute approximate surface area is 141 Å². The normalized spacial score (nSPS) is 10.8. The highest BCUT2D eigenvalue weighted by Gasteiger charge is 2.11. The number of para-hydroxylation sites is 1. The van der Waals surface area contributed by atoms with Gasteiger partial charge in [-0.1, -0.05) is 47.1 Å². The Bertz CT molecular complexity index is 814. The fourth-order valence-electron chi connectivity index (χ4n) is 1.95. The molecule has 0 saturated heterocycles. The maximum atomic E-state index is 12.1. The number of fused-ring (bicyclic) bond motifs is 1. The third kappa shape index (κ3) is 3.21. The van der Waals surface area contributed by atoms with E-state index in [4.69, 9.17) is 23.2 Å².